The van der Waals surface area contributed by atoms with Crippen LogP contribution in [0.5, 0.6) is 23.0 Å². The highest BCUT2D eigenvalue weighted by atomic mass is 16.6. The number of hydrogen-bond donors (Lipinski definition) is 0. The molecule has 4 aromatic carbocycles. The maximum Gasteiger partial charge on any atom is 0.333 e. The number of rotatable bonds is 23. The lowest BCUT2D eigenvalue weighted by atomic mass is 10.1. The van der Waals surface area contributed by atoms with Crippen LogP contribution in [-0.4, -0.2) is 76.7 Å². The van der Waals surface area contributed by atoms with Gasteiger partial charge in [0.1, 0.15) is 75.9 Å². The minimum Gasteiger partial charge on any atom is -0.490 e. The van der Waals surface area contributed by atoms with E-state index in [4.69, 9.17) is 37.9 Å². The fourth-order valence-electron chi connectivity index (χ4n) is 4.70. The molecule has 0 spiro atoms. The minimum absolute atomic E-state index is 0.0801. The van der Waals surface area contributed by atoms with Gasteiger partial charge in [0.2, 0.25) is 0 Å². The Bertz CT molecular complexity index is 1880. The standard InChI is InChI=1S/C46H46O12/c1-33(2)45(49)57-31-27-53-39-15-5-35(6-16-39)9-23-43(47)55-29-25-51-41-19-11-37(12-20-41)38-13-21-42(22-14-38)52-26-30-56-44(48)24-10-36-7-17-40(18-8-36)54-28-32-58-46(50)34(3)4/h5-24H,1,3,25-32H2,2,4H3. The Morgan fingerprint density at radius 1 is 0.414 bits per heavy atom. The van der Waals surface area contributed by atoms with Crippen molar-refractivity contribution in [2.24, 2.45) is 0 Å². The van der Waals surface area contributed by atoms with Gasteiger partial charge in [0.25, 0.3) is 0 Å². The Kier molecular flexibility index (Phi) is 17.9. The van der Waals surface area contributed by atoms with Gasteiger partial charge < -0.3 is 37.9 Å². The summed E-state index contributed by atoms with van der Waals surface area (Å²) in [6.45, 7) is 11.4. The smallest absolute Gasteiger partial charge is 0.333 e. The molecule has 0 saturated heterocycles. The molecule has 0 aliphatic rings. The maximum atomic E-state index is 12.1. The van der Waals surface area contributed by atoms with Crippen LogP contribution in [0.1, 0.15) is 25.0 Å². The van der Waals surface area contributed by atoms with E-state index in [0.717, 1.165) is 22.3 Å². The molecular formula is C46H46O12. The molecule has 12 nitrogen and oxygen atoms in total. The molecule has 4 rings (SSSR count). The van der Waals surface area contributed by atoms with Gasteiger partial charge >= 0.3 is 23.9 Å². The van der Waals surface area contributed by atoms with Crippen molar-refractivity contribution in [3.63, 3.8) is 0 Å². The first kappa shape index (κ1) is 43.6. The minimum atomic E-state index is -0.495. The SMILES string of the molecule is C=C(C)C(=O)OCCOc1ccc(C=CC(=O)OCCOc2ccc(-c3ccc(OCCOC(=O)C=Cc4ccc(OCCOC(=O)C(=C)C)cc4)cc3)cc2)cc1. The second-order valence-electron chi connectivity index (χ2n) is 12.4. The zero-order valence-corrected chi connectivity index (χ0v) is 32.5. The quantitative estimate of drug-likeness (QED) is 0.0316. The Morgan fingerprint density at radius 2 is 0.690 bits per heavy atom. The molecule has 12 heteroatoms. The highest BCUT2D eigenvalue weighted by molar-refractivity contribution is 5.88. The first-order valence-electron chi connectivity index (χ1n) is 18.3. The molecule has 0 aliphatic heterocycles. The third-order valence-corrected chi connectivity index (χ3v) is 7.69. The van der Waals surface area contributed by atoms with Crippen molar-refractivity contribution in [3.05, 3.63) is 145 Å². The number of hydrogen-bond acceptors (Lipinski definition) is 12. The molecule has 302 valence electrons. The second kappa shape index (κ2) is 23.8. The van der Waals surface area contributed by atoms with Crippen molar-refractivity contribution in [2.45, 2.75) is 13.8 Å². The summed E-state index contributed by atoms with van der Waals surface area (Å²) in [5.41, 5.74) is 4.18. The van der Waals surface area contributed by atoms with Gasteiger partial charge in [-0.3, -0.25) is 0 Å². The predicted octanol–water partition coefficient (Wildman–Crippen LogP) is 7.62. The molecule has 0 unspecified atom stereocenters. The summed E-state index contributed by atoms with van der Waals surface area (Å²) in [5.74, 6) is 0.570. The zero-order chi connectivity index (χ0) is 41.5. The molecule has 0 aliphatic carbocycles. The zero-order valence-electron chi connectivity index (χ0n) is 32.5. The predicted molar refractivity (Wildman–Crippen MR) is 218 cm³/mol. The van der Waals surface area contributed by atoms with E-state index in [2.05, 4.69) is 13.2 Å². The van der Waals surface area contributed by atoms with Gasteiger partial charge in [0.05, 0.1) is 0 Å². The van der Waals surface area contributed by atoms with E-state index in [1.54, 1.807) is 74.5 Å². The average molecular weight is 791 g/mol. The molecule has 0 amide bonds. The van der Waals surface area contributed by atoms with Crippen molar-refractivity contribution >= 4 is 36.0 Å². The summed E-state index contributed by atoms with van der Waals surface area (Å²) < 4.78 is 43.0. The Labute approximate surface area is 337 Å². The molecule has 0 saturated carbocycles. The summed E-state index contributed by atoms with van der Waals surface area (Å²) >= 11 is 0. The molecule has 0 heterocycles. The van der Waals surface area contributed by atoms with Gasteiger partial charge in [0.15, 0.2) is 0 Å². The Morgan fingerprint density at radius 3 is 0.983 bits per heavy atom. The van der Waals surface area contributed by atoms with Crippen molar-refractivity contribution in [1.82, 2.24) is 0 Å². The molecule has 0 atom stereocenters. The molecule has 4 aromatic rings. The van der Waals surface area contributed by atoms with Gasteiger partial charge in [-0.2, -0.15) is 0 Å². The number of ether oxygens (including phenoxy) is 8. The fourth-order valence-corrected chi connectivity index (χ4v) is 4.70. The lowest BCUT2D eigenvalue weighted by Crippen LogP contribution is -2.12. The summed E-state index contributed by atoms with van der Waals surface area (Å²) in [6, 6.07) is 29.2. The first-order valence-corrected chi connectivity index (χ1v) is 18.3. The van der Waals surface area contributed by atoms with Crippen LogP contribution in [-0.2, 0) is 38.1 Å². The van der Waals surface area contributed by atoms with Crippen LogP contribution in [0.4, 0.5) is 0 Å². The largest absolute Gasteiger partial charge is 0.490 e. The van der Waals surface area contributed by atoms with Crippen LogP contribution in [0.2, 0.25) is 0 Å². The van der Waals surface area contributed by atoms with Gasteiger partial charge in [-0.25, -0.2) is 19.2 Å². The Balaban J connectivity index is 1.06. The third-order valence-electron chi connectivity index (χ3n) is 7.69. The van der Waals surface area contributed by atoms with Gasteiger partial charge in [-0.15, -0.1) is 0 Å². The number of benzene rings is 4. The van der Waals surface area contributed by atoms with Crippen molar-refractivity contribution in [2.75, 3.05) is 52.9 Å². The highest BCUT2D eigenvalue weighted by Gasteiger charge is 2.06. The van der Waals surface area contributed by atoms with Crippen LogP contribution < -0.4 is 18.9 Å². The van der Waals surface area contributed by atoms with Crippen molar-refractivity contribution < 1.29 is 57.1 Å². The molecular weight excluding hydrogens is 744 g/mol. The molecule has 0 aromatic heterocycles. The lowest BCUT2D eigenvalue weighted by molar-refractivity contribution is -0.140. The van der Waals surface area contributed by atoms with E-state index < -0.39 is 23.9 Å². The van der Waals surface area contributed by atoms with Crippen molar-refractivity contribution in [1.29, 1.82) is 0 Å². The van der Waals surface area contributed by atoms with Gasteiger partial charge in [-0.05, 0) is 96.8 Å². The topological polar surface area (TPSA) is 142 Å². The van der Waals surface area contributed by atoms with Crippen LogP contribution in [0.3, 0.4) is 0 Å². The number of esters is 4. The van der Waals surface area contributed by atoms with Gasteiger partial charge in [-0.1, -0.05) is 61.7 Å². The van der Waals surface area contributed by atoms with E-state index in [1.807, 2.05) is 48.5 Å². The van der Waals surface area contributed by atoms with Gasteiger partial charge in [0, 0.05) is 23.3 Å². The molecule has 0 bridgehead atoms. The number of carbonyl (C=O) groups is 4. The van der Waals surface area contributed by atoms with E-state index in [-0.39, 0.29) is 52.9 Å². The first-order chi connectivity index (χ1) is 28.0. The van der Waals surface area contributed by atoms with E-state index in [0.29, 0.717) is 34.1 Å². The Hall–Kier alpha value is -7.08. The molecule has 0 fully saturated rings. The highest BCUT2D eigenvalue weighted by Crippen LogP contribution is 2.25. The third kappa shape index (κ3) is 16.3. The van der Waals surface area contributed by atoms with E-state index in [1.165, 1.54) is 12.2 Å². The van der Waals surface area contributed by atoms with Crippen LogP contribution in [0.25, 0.3) is 23.3 Å². The molecule has 58 heavy (non-hydrogen) atoms. The lowest BCUT2D eigenvalue weighted by Gasteiger charge is -2.09. The summed E-state index contributed by atoms with van der Waals surface area (Å²) in [4.78, 5) is 47.1. The number of carbonyl (C=O) groups excluding carboxylic acids is 4. The molecule has 0 radical (unpaired) electrons. The monoisotopic (exact) mass is 790 g/mol. The fraction of sp³-hybridized carbons (Fsp3) is 0.217. The van der Waals surface area contributed by atoms with Crippen LogP contribution in [0.15, 0.2) is 134 Å². The normalized spacial score (nSPS) is 10.7. The van der Waals surface area contributed by atoms with E-state index in [9.17, 15) is 19.2 Å². The van der Waals surface area contributed by atoms with Crippen molar-refractivity contribution in [3.8, 4) is 34.1 Å². The average Bonchev–Trinajstić information content (AvgIpc) is 3.23. The molecule has 0 N–H and O–H groups in total. The maximum absolute atomic E-state index is 12.1. The summed E-state index contributed by atoms with van der Waals surface area (Å²) in [5, 5.41) is 0. The summed E-state index contributed by atoms with van der Waals surface area (Å²) in [7, 11) is 0. The summed E-state index contributed by atoms with van der Waals surface area (Å²) in [6.07, 6.45) is 5.95. The van der Waals surface area contributed by atoms with Crippen LogP contribution in [0, 0.1) is 0 Å². The van der Waals surface area contributed by atoms with E-state index >= 15 is 0 Å². The second-order valence-corrected chi connectivity index (χ2v) is 12.4. The van der Waals surface area contributed by atoms with Crippen LogP contribution >= 0.6 is 0 Å².